The molecule has 0 heterocycles. The van der Waals surface area contributed by atoms with Crippen LogP contribution in [-0.4, -0.2) is 23.6 Å². The molecule has 0 aliphatic carbocycles. The predicted molar refractivity (Wildman–Crippen MR) is 137 cm³/mol. The van der Waals surface area contributed by atoms with E-state index in [1.165, 1.54) is 0 Å². The number of amides is 4. The molecule has 178 valence electrons. The number of carbonyl (C=O) groups is 4. The third kappa shape index (κ3) is 5.98. The Bertz CT molecular complexity index is 1290. The quantitative estimate of drug-likeness (QED) is 0.381. The average molecular weight is 477 g/mol. The Morgan fingerprint density at radius 2 is 0.750 bits per heavy atom. The van der Waals surface area contributed by atoms with Crippen LogP contribution in [0.15, 0.2) is 109 Å². The molecule has 0 aliphatic rings. The lowest BCUT2D eigenvalue weighted by Crippen LogP contribution is -2.31. The molecule has 6 nitrogen and oxygen atoms in total. The normalized spacial score (nSPS) is 10.3. The van der Waals surface area contributed by atoms with E-state index in [2.05, 4.69) is 10.6 Å². The van der Waals surface area contributed by atoms with Gasteiger partial charge in [-0.15, -0.1) is 0 Å². The number of imide groups is 2. The smallest absolute Gasteiger partial charge is 0.258 e. The molecule has 36 heavy (non-hydrogen) atoms. The molecule has 4 amide bonds. The Hall–Kier alpha value is -4.84. The summed E-state index contributed by atoms with van der Waals surface area (Å²) in [6.45, 7) is 0. The molecule has 4 aromatic carbocycles. The van der Waals surface area contributed by atoms with Crippen molar-refractivity contribution in [1.29, 1.82) is 0 Å². The first-order valence-electron chi connectivity index (χ1n) is 11.5. The van der Waals surface area contributed by atoms with Gasteiger partial charge in [-0.1, -0.05) is 72.8 Å². The van der Waals surface area contributed by atoms with Crippen molar-refractivity contribution < 1.29 is 19.2 Å². The van der Waals surface area contributed by atoms with Crippen LogP contribution >= 0.6 is 0 Å². The fourth-order valence-electron chi connectivity index (χ4n) is 3.85. The van der Waals surface area contributed by atoms with Crippen molar-refractivity contribution in [2.75, 3.05) is 0 Å². The summed E-state index contributed by atoms with van der Waals surface area (Å²) in [6, 6.07) is 31.2. The molecule has 0 atom stereocenters. The number of nitrogens with one attached hydrogen (secondary N) is 2. The molecule has 4 aromatic rings. The lowest BCUT2D eigenvalue weighted by molar-refractivity contribution is 0.0832. The number of hydrogen-bond acceptors (Lipinski definition) is 4. The van der Waals surface area contributed by atoms with Gasteiger partial charge in [0.1, 0.15) is 0 Å². The highest BCUT2D eigenvalue weighted by Crippen LogP contribution is 2.16. The van der Waals surface area contributed by atoms with Gasteiger partial charge in [0.05, 0.1) is 0 Å². The molecule has 0 bridgehead atoms. The molecule has 4 rings (SSSR count). The van der Waals surface area contributed by atoms with Gasteiger partial charge in [0.25, 0.3) is 23.6 Å². The van der Waals surface area contributed by atoms with Crippen LogP contribution in [0.3, 0.4) is 0 Å². The summed E-state index contributed by atoms with van der Waals surface area (Å²) < 4.78 is 0. The Morgan fingerprint density at radius 1 is 0.417 bits per heavy atom. The van der Waals surface area contributed by atoms with Crippen LogP contribution in [0.25, 0.3) is 0 Å². The molecule has 0 radical (unpaired) electrons. The number of aryl methyl sites for hydroxylation is 2. The fourth-order valence-corrected chi connectivity index (χ4v) is 3.85. The Labute approximate surface area is 209 Å². The predicted octanol–water partition coefficient (Wildman–Crippen LogP) is 4.61. The summed E-state index contributed by atoms with van der Waals surface area (Å²) in [6.07, 6.45) is 0.917. The first-order valence-corrected chi connectivity index (χ1v) is 11.5. The van der Waals surface area contributed by atoms with Crippen LogP contribution in [-0.2, 0) is 12.8 Å². The van der Waals surface area contributed by atoms with Crippen LogP contribution in [0.5, 0.6) is 0 Å². The fraction of sp³-hybridized carbons (Fsp3) is 0.0667. The summed E-state index contributed by atoms with van der Waals surface area (Å²) in [5, 5.41) is 4.88. The minimum atomic E-state index is -0.487. The van der Waals surface area contributed by atoms with Crippen molar-refractivity contribution in [2.45, 2.75) is 12.8 Å². The molecule has 0 unspecified atom stereocenters. The molecule has 0 saturated heterocycles. The molecule has 0 spiro atoms. The molecule has 0 saturated carbocycles. The van der Waals surface area contributed by atoms with E-state index in [9.17, 15) is 19.2 Å². The van der Waals surface area contributed by atoms with Gasteiger partial charge < -0.3 is 0 Å². The topological polar surface area (TPSA) is 92.3 Å². The Morgan fingerprint density at radius 3 is 1.14 bits per heavy atom. The standard InChI is InChI=1S/C30H24N2O4/c33-27(23-13-3-1-4-14-23)31-29(35)25-17-9-7-11-21(25)19-20-22-12-8-10-18-26(22)30(36)32-28(34)24-15-5-2-6-16-24/h1-18H,19-20H2,(H,31,33,35)(H,32,34,36). The van der Waals surface area contributed by atoms with Gasteiger partial charge in [-0.3, -0.25) is 29.8 Å². The Balaban J connectivity index is 1.46. The SMILES string of the molecule is O=C(NC(=O)c1ccccc1CCc1ccccc1C(=O)NC(=O)c1ccccc1)c1ccccc1. The van der Waals surface area contributed by atoms with Gasteiger partial charge in [0, 0.05) is 22.3 Å². The number of carbonyl (C=O) groups excluding carboxylic acids is 4. The van der Waals surface area contributed by atoms with E-state index >= 15 is 0 Å². The summed E-state index contributed by atoms with van der Waals surface area (Å²) in [5.74, 6) is -1.92. The van der Waals surface area contributed by atoms with E-state index in [0.29, 0.717) is 35.1 Å². The maximum Gasteiger partial charge on any atom is 0.258 e. The minimum absolute atomic E-state index is 0.392. The van der Waals surface area contributed by atoms with E-state index in [1.807, 2.05) is 24.3 Å². The summed E-state index contributed by atoms with van der Waals surface area (Å²) in [4.78, 5) is 50.6. The van der Waals surface area contributed by atoms with Crippen LogP contribution < -0.4 is 10.6 Å². The molecular weight excluding hydrogens is 452 g/mol. The largest absolute Gasteiger partial charge is 0.288 e. The van der Waals surface area contributed by atoms with Gasteiger partial charge in [-0.05, 0) is 60.4 Å². The third-order valence-corrected chi connectivity index (χ3v) is 5.71. The monoisotopic (exact) mass is 476 g/mol. The summed E-state index contributed by atoms with van der Waals surface area (Å²) >= 11 is 0. The van der Waals surface area contributed by atoms with Crippen molar-refractivity contribution in [2.24, 2.45) is 0 Å². The van der Waals surface area contributed by atoms with Gasteiger partial charge in [0.2, 0.25) is 0 Å². The number of rotatable bonds is 7. The van der Waals surface area contributed by atoms with E-state index in [0.717, 1.165) is 11.1 Å². The first kappa shape index (κ1) is 24.3. The van der Waals surface area contributed by atoms with Crippen molar-refractivity contribution >= 4 is 23.6 Å². The first-order chi connectivity index (χ1) is 17.5. The molecule has 0 aliphatic heterocycles. The molecule has 6 heteroatoms. The number of benzene rings is 4. The van der Waals surface area contributed by atoms with Crippen molar-refractivity contribution in [3.8, 4) is 0 Å². The molecule has 0 aromatic heterocycles. The zero-order valence-corrected chi connectivity index (χ0v) is 19.4. The van der Waals surface area contributed by atoms with Crippen molar-refractivity contribution in [3.05, 3.63) is 143 Å². The van der Waals surface area contributed by atoms with Crippen molar-refractivity contribution in [1.82, 2.24) is 10.6 Å². The van der Waals surface area contributed by atoms with E-state index in [-0.39, 0.29) is 0 Å². The van der Waals surface area contributed by atoms with Gasteiger partial charge in [0.15, 0.2) is 0 Å². The van der Waals surface area contributed by atoms with E-state index in [1.54, 1.807) is 84.9 Å². The second-order valence-corrected chi connectivity index (χ2v) is 8.11. The summed E-state index contributed by atoms with van der Waals surface area (Å²) in [5.41, 5.74) is 3.06. The van der Waals surface area contributed by atoms with Crippen LogP contribution in [0.1, 0.15) is 52.6 Å². The second-order valence-electron chi connectivity index (χ2n) is 8.11. The van der Waals surface area contributed by atoms with Gasteiger partial charge in [-0.2, -0.15) is 0 Å². The lowest BCUT2D eigenvalue weighted by Gasteiger charge is -2.12. The highest BCUT2D eigenvalue weighted by molar-refractivity contribution is 6.11. The number of hydrogen-bond donors (Lipinski definition) is 2. The Kier molecular flexibility index (Phi) is 7.78. The second kappa shape index (κ2) is 11.5. The third-order valence-electron chi connectivity index (χ3n) is 5.71. The van der Waals surface area contributed by atoms with Crippen molar-refractivity contribution in [3.63, 3.8) is 0 Å². The van der Waals surface area contributed by atoms with Crippen LogP contribution in [0.2, 0.25) is 0 Å². The zero-order chi connectivity index (χ0) is 25.3. The maximum atomic E-state index is 12.9. The molecule has 2 N–H and O–H groups in total. The summed E-state index contributed by atoms with van der Waals surface area (Å²) in [7, 11) is 0. The van der Waals surface area contributed by atoms with Crippen LogP contribution in [0.4, 0.5) is 0 Å². The highest BCUT2D eigenvalue weighted by Gasteiger charge is 2.18. The zero-order valence-electron chi connectivity index (χ0n) is 19.4. The van der Waals surface area contributed by atoms with Gasteiger partial charge >= 0.3 is 0 Å². The highest BCUT2D eigenvalue weighted by atomic mass is 16.2. The van der Waals surface area contributed by atoms with Gasteiger partial charge in [-0.25, -0.2) is 0 Å². The minimum Gasteiger partial charge on any atom is -0.288 e. The molecule has 0 fully saturated rings. The lowest BCUT2D eigenvalue weighted by atomic mass is 9.96. The maximum absolute atomic E-state index is 12.9. The van der Waals surface area contributed by atoms with E-state index < -0.39 is 23.6 Å². The van der Waals surface area contributed by atoms with Crippen LogP contribution in [0, 0.1) is 0 Å². The van der Waals surface area contributed by atoms with E-state index in [4.69, 9.17) is 0 Å². The molecular formula is C30H24N2O4. The average Bonchev–Trinajstić information content (AvgIpc) is 2.93.